The zero-order valence-corrected chi connectivity index (χ0v) is 15.7. The van der Waals surface area contributed by atoms with E-state index in [0.29, 0.717) is 11.5 Å². The molecular formula is C22H27NO2. The number of ketones is 1. The number of hydrogen-bond donors (Lipinski definition) is 0. The molecule has 2 aromatic carbocycles. The van der Waals surface area contributed by atoms with Gasteiger partial charge in [0.1, 0.15) is 5.41 Å². The normalized spacial score (nSPS) is 11.4. The molecule has 2 aromatic rings. The summed E-state index contributed by atoms with van der Waals surface area (Å²) in [4.78, 5) is 27.4. The molecule has 1 amide bonds. The summed E-state index contributed by atoms with van der Waals surface area (Å²) in [6.45, 7) is 7.72. The SMILES string of the molecule is CC(C)Cc1ccc(C(=O)C(C)(C)C(=O)N(C)c2ccccc2)cc1. The summed E-state index contributed by atoms with van der Waals surface area (Å²) in [6, 6.07) is 17.0. The zero-order valence-electron chi connectivity index (χ0n) is 15.7. The van der Waals surface area contributed by atoms with Gasteiger partial charge in [0.25, 0.3) is 0 Å². The molecule has 0 aromatic heterocycles. The zero-order chi connectivity index (χ0) is 18.6. The Bertz CT molecular complexity index is 730. The van der Waals surface area contributed by atoms with Crippen molar-refractivity contribution in [2.75, 3.05) is 11.9 Å². The smallest absolute Gasteiger partial charge is 0.240 e. The van der Waals surface area contributed by atoms with E-state index in [9.17, 15) is 9.59 Å². The van der Waals surface area contributed by atoms with Crippen molar-refractivity contribution in [2.45, 2.75) is 34.1 Å². The van der Waals surface area contributed by atoms with Crippen molar-refractivity contribution in [3.63, 3.8) is 0 Å². The van der Waals surface area contributed by atoms with Gasteiger partial charge < -0.3 is 4.90 Å². The predicted octanol–water partition coefficient (Wildman–Crippen LogP) is 4.76. The molecule has 2 rings (SSSR count). The Morgan fingerprint density at radius 2 is 1.52 bits per heavy atom. The fourth-order valence-electron chi connectivity index (χ4n) is 2.91. The van der Waals surface area contributed by atoms with Gasteiger partial charge >= 0.3 is 0 Å². The van der Waals surface area contributed by atoms with Gasteiger partial charge in [-0.05, 0) is 43.9 Å². The molecule has 0 N–H and O–H groups in total. The van der Waals surface area contributed by atoms with Crippen molar-refractivity contribution < 1.29 is 9.59 Å². The molecule has 0 aliphatic carbocycles. The largest absolute Gasteiger partial charge is 0.315 e. The Hall–Kier alpha value is -2.42. The second-order valence-electron chi connectivity index (χ2n) is 7.45. The number of carbonyl (C=O) groups excluding carboxylic acids is 2. The van der Waals surface area contributed by atoms with Gasteiger partial charge in [-0.3, -0.25) is 9.59 Å². The number of benzene rings is 2. The highest BCUT2D eigenvalue weighted by Gasteiger charge is 2.38. The molecule has 25 heavy (non-hydrogen) atoms. The number of carbonyl (C=O) groups is 2. The summed E-state index contributed by atoms with van der Waals surface area (Å²) >= 11 is 0. The minimum absolute atomic E-state index is 0.156. The highest BCUT2D eigenvalue weighted by molar-refractivity contribution is 6.17. The minimum Gasteiger partial charge on any atom is -0.315 e. The molecule has 0 saturated heterocycles. The molecule has 0 bridgehead atoms. The van der Waals surface area contributed by atoms with E-state index in [4.69, 9.17) is 0 Å². The molecule has 0 aliphatic rings. The summed E-state index contributed by atoms with van der Waals surface area (Å²) in [7, 11) is 1.71. The molecule has 0 radical (unpaired) electrons. The summed E-state index contributed by atoms with van der Waals surface area (Å²) in [5.41, 5.74) is 1.44. The maximum Gasteiger partial charge on any atom is 0.240 e. The third kappa shape index (κ3) is 4.36. The van der Waals surface area contributed by atoms with E-state index in [1.165, 1.54) is 5.56 Å². The monoisotopic (exact) mass is 337 g/mol. The van der Waals surface area contributed by atoms with Crippen LogP contribution in [0, 0.1) is 11.3 Å². The van der Waals surface area contributed by atoms with Gasteiger partial charge in [0.05, 0.1) is 0 Å². The van der Waals surface area contributed by atoms with Gasteiger partial charge in [-0.2, -0.15) is 0 Å². The van der Waals surface area contributed by atoms with E-state index < -0.39 is 5.41 Å². The third-order valence-electron chi connectivity index (χ3n) is 4.41. The number of para-hydroxylation sites is 1. The Labute approximate surface area is 150 Å². The van der Waals surface area contributed by atoms with E-state index in [0.717, 1.165) is 12.1 Å². The quantitative estimate of drug-likeness (QED) is 0.563. The maximum absolute atomic E-state index is 12.9. The van der Waals surface area contributed by atoms with Crippen LogP contribution in [-0.2, 0) is 11.2 Å². The predicted molar refractivity (Wildman–Crippen MR) is 103 cm³/mol. The van der Waals surface area contributed by atoms with Crippen LogP contribution < -0.4 is 4.90 Å². The first-order chi connectivity index (χ1) is 11.7. The van der Waals surface area contributed by atoms with E-state index in [1.54, 1.807) is 25.8 Å². The molecule has 0 atom stereocenters. The lowest BCUT2D eigenvalue weighted by Gasteiger charge is -2.28. The van der Waals surface area contributed by atoms with Crippen LogP contribution in [0.4, 0.5) is 5.69 Å². The fourth-order valence-corrected chi connectivity index (χ4v) is 2.91. The van der Waals surface area contributed by atoms with Crippen molar-refractivity contribution in [3.05, 3.63) is 65.7 Å². The molecule has 0 unspecified atom stereocenters. The van der Waals surface area contributed by atoms with Crippen LogP contribution in [0.5, 0.6) is 0 Å². The van der Waals surface area contributed by atoms with Crippen LogP contribution >= 0.6 is 0 Å². The molecule has 0 fully saturated rings. The second kappa shape index (κ2) is 7.64. The lowest BCUT2D eigenvalue weighted by atomic mass is 9.82. The summed E-state index contributed by atoms with van der Waals surface area (Å²) in [6.07, 6.45) is 0.980. The van der Waals surface area contributed by atoms with Crippen LogP contribution in [-0.4, -0.2) is 18.7 Å². The van der Waals surface area contributed by atoms with E-state index in [-0.39, 0.29) is 11.7 Å². The number of nitrogens with zero attached hydrogens (tertiary/aromatic N) is 1. The number of Topliss-reactive ketones (excluding diaryl/α,β-unsaturated/α-hetero) is 1. The number of hydrogen-bond acceptors (Lipinski definition) is 2. The standard InChI is InChI=1S/C22H27NO2/c1-16(2)15-17-11-13-18(14-12-17)20(24)22(3,4)21(25)23(5)19-9-7-6-8-10-19/h6-14,16H,15H2,1-5H3. The Balaban J connectivity index is 2.20. The first kappa shape index (κ1) is 18.9. The van der Waals surface area contributed by atoms with Gasteiger partial charge in [0.15, 0.2) is 5.78 Å². The number of rotatable bonds is 6. The van der Waals surface area contributed by atoms with Gasteiger partial charge in [-0.1, -0.05) is 56.3 Å². The molecule has 0 heterocycles. The summed E-state index contributed by atoms with van der Waals surface area (Å²) < 4.78 is 0. The van der Waals surface area contributed by atoms with Crippen LogP contribution in [0.1, 0.15) is 43.6 Å². The lowest BCUT2D eigenvalue weighted by molar-refractivity contribution is -0.124. The maximum atomic E-state index is 12.9. The fraction of sp³-hybridized carbons (Fsp3) is 0.364. The molecule has 132 valence electrons. The molecule has 3 heteroatoms. The van der Waals surface area contributed by atoms with Crippen molar-refractivity contribution in [1.82, 2.24) is 0 Å². The van der Waals surface area contributed by atoms with Crippen molar-refractivity contribution >= 4 is 17.4 Å². The Kier molecular flexibility index (Phi) is 5.78. The van der Waals surface area contributed by atoms with Crippen LogP contribution in [0.15, 0.2) is 54.6 Å². The first-order valence-electron chi connectivity index (χ1n) is 8.70. The van der Waals surface area contributed by atoms with Crippen LogP contribution in [0.3, 0.4) is 0 Å². The molecule has 0 aliphatic heterocycles. The Morgan fingerprint density at radius 1 is 0.960 bits per heavy atom. The number of anilines is 1. The van der Waals surface area contributed by atoms with Crippen molar-refractivity contribution in [3.8, 4) is 0 Å². The molecular weight excluding hydrogens is 310 g/mol. The van der Waals surface area contributed by atoms with Gasteiger partial charge in [-0.25, -0.2) is 0 Å². The van der Waals surface area contributed by atoms with E-state index in [2.05, 4.69) is 13.8 Å². The van der Waals surface area contributed by atoms with Gasteiger partial charge in [0, 0.05) is 18.3 Å². The number of amides is 1. The molecule has 0 spiro atoms. The van der Waals surface area contributed by atoms with Crippen LogP contribution in [0.2, 0.25) is 0 Å². The van der Waals surface area contributed by atoms with E-state index in [1.807, 2.05) is 54.6 Å². The molecule has 0 saturated carbocycles. The van der Waals surface area contributed by atoms with Crippen molar-refractivity contribution in [2.24, 2.45) is 11.3 Å². The Morgan fingerprint density at radius 3 is 2.04 bits per heavy atom. The van der Waals surface area contributed by atoms with Crippen LogP contribution in [0.25, 0.3) is 0 Å². The topological polar surface area (TPSA) is 37.4 Å². The summed E-state index contributed by atoms with van der Waals surface area (Å²) in [5, 5.41) is 0. The average molecular weight is 337 g/mol. The third-order valence-corrected chi connectivity index (χ3v) is 4.41. The van der Waals surface area contributed by atoms with Gasteiger partial charge in [-0.15, -0.1) is 0 Å². The average Bonchev–Trinajstić information content (AvgIpc) is 2.60. The highest BCUT2D eigenvalue weighted by atomic mass is 16.2. The summed E-state index contributed by atoms with van der Waals surface area (Å²) in [5.74, 6) is 0.199. The second-order valence-corrected chi connectivity index (χ2v) is 7.45. The van der Waals surface area contributed by atoms with Crippen molar-refractivity contribution in [1.29, 1.82) is 0 Å². The van der Waals surface area contributed by atoms with E-state index >= 15 is 0 Å². The minimum atomic E-state index is -1.12. The highest BCUT2D eigenvalue weighted by Crippen LogP contribution is 2.27. The first-order valence-corrected chi connectivity index (χ1v) is 8.70. The molecule has 3 nitrogen and oxygen atoms in total. The lowest BCUT2D eigenvalue weighted by Crippen LogP contribution is -2.43. The van der Waals surface area contributed by atoms with Gasteiger partial charge in [0.2, 0.25) is 5.91 Å².